The monoisotopic (exact) mass is 320 g/mol. The summed E-state index contributed by atoms with van der Waals surface area (Å²) in [5.41, 5.74) is 1.22. The van der Waals surface area contributed by atoms with E-state index in [0.717, 1.165) is 11.4 Å². The van der Waals surface area contributed by atoms with E-state index in [9.17, 15) is 0 Å². The molecule has 0 aromatic heterocycles. The lowest BCUT2D eigenvalue weighted by Crippen LogP contribution is -2.21. The smallest absolute Gasteiger partial charge is 0.0452 e. The molecule has 16 heavy (non-hydrogen) atoms. The largest absolute Gasteiger partial charge is 0.0888 e. The van der Waals surface area contributed by atoms with Crippen molar-refractivity contribution in [3.63, 3.8) is 0 Å². The zero-order chi connectivity index (χ0) is 11.5. The molecule has 1 aromatic carbocycles. The van der Waals surface area contributed by atoms with Crippen LogP contribution >= 0.6 is 39.1 Å². The number of hydrogen-bond donors (Lipinski definition) is 0. The molecule has 88 valence electrons. The van der Waals surface area contributed by atoms with Gasteiger partial charge in [-0.2, -0.15) is 0 Å². The average Bonchev–Trinajstić information content (AvgIpc) is 2.25. The molecule has 0 N–H and O–H groups in total. The van der Waals surface area contributed by atoms with Crippen molar-refractivity contribution in [2.75, 3.05) is 0 Å². The molecule has 0 amide bonds. The lowest BCUT2D eigenvalue weighted by atomic mass is 9.85. The first-order valence-electron chi connectivity index (χ1n) is 5.75. The summed E-state index contributed by atoms with van der Waals surface area (Å²) in [6.45, 7) is 0. The molecule has 2 atom stereocenters. The summed E-state index contributed by atoms with van der Waals surface area (Å²) in [5, 5.41) is 1.52. The van der Waals surface area contributed by atoms with Crippen LogP contribution < -0.4 is 0 Å². The molecule has 1 aliphatic rings. The summed E-state index contributed by atoms with van der Waals surface area (Å²) in [6.07, 6.45) is 6.34. The van der Waals surface area contributed by atoms with Crippen LogP contribution in [0.2, 0.25) is 10.0 Å². The lowest BCUT2D eigenvalue weighted by Gasteiger charge is -2.27. The van der Waals surface area contributed by atoms with Gasteiger partial charge in [0.05, 0.1) is 0 Å². The molecule has 1 fully saturated rings. The Morgan fingerprint density at radius 1 is 1.19 bits per heavy atom. The van der Waals surface area contributed by atoms with Gasteiger partial charge in [0.25, 0.3) is 0 Å². The van der Waals surface area contributed by atoms with Crippen molar-refractivity contribution in [1.82, 2.24) is 0 Å². The molecule has 0 radical (unpaired) electrons. The van der Waals surface area contributed by atoms with Crippen molar-refractivity contribution >= 4 is 39.1 Å². The molecule has 0 heterocycles. The Kier molecular flexibility index (Phi) is 4.57. The fraction of sp³-hybridized carbons (Fsp3) is 0.538. The fourth-order valence-corrected chi connectivity index (χ4v) is 3.62. The summed E-state index contributed by atoms with van der Waals surface area (Å²) in [4.78, 5) is 0.646. The highest BCUT2D eigenvalue weighted by Crippen LogP contribution is 2.34. The van der Waals surface area contributed by atoms with Crippen LogP contribution in [0.25, 0.3) is 0 Å². The number of benzene rings is 1. The first-order valence-corrected chi connectivity index (χ1v) is 7.42. The van der Waals surface area contributed by atoms with Crippen LogP contribution in [0.3, 0.4) is 0 Å². The van der Waals surface area contributed by atoms with Gasteiger partial charge in [0.15, 0.2) is 0 Å². The van der Waals surface area contributed by atoms with E-state index in [4.69, 9.17) is 23.2 Å². The molecule has 0 aliphatic heterocycles. The van der Waals surface area contributed by atoms with Gasteiger partial charge in [-0.25, -0.2) is 0 Å². The van der Waals surface area contributed by atoms with Crippen LogP contribution in [-0.4, -0.2) is 4.83 Å². The molecule has 1 saturated carbocycles. The van der Waals surface area contributed by atoms with E-state index < -0.39 is 0 Å². The van der Waals surface area contributed by atoms with Gasteiger partial charge < -0.3 is 0 Å². The number of hydrogen-bond acceptors (Lipinski definition) is 0. The Morgan fingerprint density at radius 2 is 1.94 bits per heavy atom. The maximum Gasteiger partial charge on any atom is 0.0452 e. The molecule has 0 saturated heterocycles. The van der Waals surface area contributed by atoms with Gasteiger partial charge in [0.1, 0.15) is 0 Å². The first-order chi connectivity index (χ1) is 7.66. The van der Waals surface area contributed by atoms with Crippen molar-refractivity contribution in [3.8, 4) is 0 Å². The minimum Gasteiger partial charge on any atom is -0.0888 e. The van der Waals surface area contributed by atoms with Crippen molar-refractivity contribution in [1.29, 1.82) is 0 Å². The minimum atomic E-state index is 0.646. The van der Waals surface area contributed by atoms with Crippen LogP contribution in [0.5, 0.6) is 0 Å². The van der Waals surface area contributed by atoms with E-state index in [0.29, 0.717) is 15.8 Å². The highest BCUT2D eigenvalue weighted by molar-refractivity contribution is 9.09. The van der Waals surface area contributed by atoms with Gasteiger partial charge >= 0.3 is 0 Å². The van der Waals surface area contributed by atoms with Crippen molar-refractivity contribution in [3.05, 3.63) is 33.8 Å². The van der Waals surface area contributed by atoms with Crippen LogP contribution in [0.1, 0.15) is 31.2 Å². The predicted octanol–water partition coefficient (Wildman–Crippen LogP) is 5.49. The summed E-state index contributed by atoms with van der Waals surface area (Å²) in [6, 6.07) is 5.82. The normalized spacial score (nSPS) is 25.7. The van der Waals surface area contributed by atoms with Crippen molar-refractivity contribution in [2.45, 2.75) is 36.9 Å². The third kappa shape index (κ3) is 3.15. The lowest BCUT2D eigenvalue weighted by molar-refractivity contribution is 0.373. The van der Waals surface area contributed by atoms with Crippen LogP contribution in [0.15, 0.2) is 18.2 Å². The molecular weight excluding hydrogens is 307 g/mol. The summed E-state index contributed by atoms with van der Waals surface area (Å²) >= 11 is 15.9. The zero-order valence-electron chi connectivity index (χ0n) is 9.06. The Hall–Kier alpha value is 0.280. The SMILES string of the molecule is Clc1ccc(CC2CCCCC2Br)c(Cl)c1. The quantitative estimate of drug-likeness (QED) is 0.632. The van der Waals surface area contributed by atoms with E-state index in [1.54, 1.807) is 0 Å². The maximum atomic E-state index is 6.20. The second-order valence-corrected chi connectivity index (χ2v) is 6.52. The molecule has 3 heteroatoms. The molecule has 0 nitrogen and oxygen atoms in total. The molecule has 1 aromatic rings. The van der Waals surface area contributed by atoms with E-state index in [1.807, 2.05) is 12.1 Å². The van der Waals surface area contributed by atoms with Crippen LogP contribution in [-0.2, 0) is 6.42 Å². The second kappa shape index (κ2) is 5.75. The first kappa shape index (κ1) is 12.7. The third-order valence-corrected chi connectivity index (χ3v) is 5.11. The van der Waals surface area contributed by atoms with Crippen molar-refractivity contribution < 1.29 is 0 Å². The standard InChI is InChI=1S/C13H15BrCl2/c14-12-4-2-1-3-9(12)7-10-5-6-11(15)8-13(10)16/h5-6,8-9,12H,1-4,7H2. The Balaban J connectivity index is 2.07. The number of rotatable bonds is 2. The molecule has 2 rings (SSSR count). The van der Waals surface area contributed by atoms with E-state index in [2.05, 4.69) is 22.0 Å². The Labute approximate surface area is 115 Å². The van der Waals surface area contributed by atoms with Gasteiger partial charge in [-0.05, 0) is 42.9 Å². The number of alkyl halides is 1. The summed E-state index contributed by atoms with van der Waals surface area (Å²) < 4.78 is 0. The molecular formula is C13H15BrCl2. The highest BCUT2D eigenvalue weighted by Gasteiger charge is 2.23. The fourth-order valence-electron chi connectivity index (χ4n) is 2.36. The molecule has 1 aliphatic carbocycles. The van der Waals surface area contributed by atoms with E-state index in [1.165, 1.54) is 31.2 Å². The topological polar surface area (TPSA) is 0 Å². The molecule has 0 bridgehead atoms. The van der Waals surface area contributed by atoms with E-state index >= 15 is 0 Å². The van der Waals surface area contributed by atoms with Crippen LogP contribution in [0, 0.1) is 5.92 Å². The Bertz CT molecular complexity index is 365. The van der Waals surface area contributed by atoms with Gasteiger partial charge in [-0.3, -0.25) is 0 Å². The maximum absolute atomic E-state index is 6.20. The third-order valence-electron chi connectivity index (χ3n) is 3.31. The Morgan fingerprint density at radius 3 is 2.62 bits per heavy atom. The minimum absolute atomic E-state index is 0.646. The summed E-state index contributed by atoms with van der Waals surface area (Å²) in [5.74, 6) is 0.715. The second-order valence-electron chi connectivity index (χ2n) is 4.50. The van der Waals surface area contributed by atoms with Gasteiger partial charge in [-0.15, -0.1) is 0 Å². The van der Waals surface area contributed by atoms with Crippen LogP contribution in [0.4, 0.5) is 0 Å². The molecule has 0 spiro atoms. The highest BCUT2D eigenvalue weighted by atomic mass is 79.9. The van der Waals surface area contributed by atoms with Crippen molar-refractivity contribution in [2.24, 2.45) is 5.92 Å². The summed E-state index contributed by atoms with van der Waals surface area (Å²) in [7, 11) is 0. The molecule has 2 unspecified atom stereocenters. The zero-order valence-corrected chi connectivity index (χ0v) is 12.2. The average molecular weight is 322 g/mol. The number of halogens is 3. The van der Waals surface area contributed by atoms with Gasteiger partial charge in [-0.1, -0.05) is 58.0 Å². The van der Waals surface area contributed by atoms with E-state index in [-0.39, 0.29) is 0 Å². The van der Waals surface area contributed by atoms with Gasteiger partial charge in [0.2, 0.25) is 0 Å². The predicted molar refractivity (Wildman–Crippen MR) is 74.8 cm³/mol. The van der Waals surface area contributed by atoms with Gasteiger partial charge in [0, 0.05) is 14.9 Å².